The van der Waals surface area contributed by atoms with Gasteiger partial charge in [0.25, 0.3) is 0 Å². The summed E-state index contributed by atoms with van der Waals surface area (Å²) in [5.74, 6) is -1.19. The van der Waals surface area contributed by atoms with Gasteiger partial charge in [0, 0.05) is 22.2 Å². The van der Waals surface area contributed by atoms with Crippen molar-refractivity contribution in [3.63, 3.8) is 0 Å². The number of nitrogens with zero attached hydrogens (tertiary/aromatic N) is 2. The lowest BCUT2D eigenvalue weighted by Crippen LogP contribution is -2.18. The summed E-state index contributed by atoms with van der Waals surface area (Å²) in [6, 6.07) is 11.5. The molecule has 0 amide bonds. The molecule has 1 aliphatic rings. The van der Waals surface area contributed by atoms with Gasteiger partial charge in [0.15, 0.2) is 5.82 Å². The standard InChI is InChI=1S/C19H14F2N2S2/c20-13-5-8-17(16(21)11-13)23-18(19-4-2-10-25-19)12-14(22-23)6-7-15-3-1-9-24-15/h1-11,18H,12H2/b7-6+/t18-/m0/s1. The summed E-state index contributed by atoms with van der Waals surface area (Å²) >= 11 is 3.26. The fraction of sp³-hybridized carbons (Fsp3) is 0.105. The molecule has 0 saturated heterocycles. The molecule has 1 aromatic carbocycles. The van der Waals surface area contributed by atoms with Crippen molar-refractivity contribution >= 4 is 40.1 Å². The van der Waals surface area contributed by atoms with Crippen molar-refractivity contribution in [2.45, 2.75) is 12.5 Å². The van der Waals surface area contributed by atoms with Gasteiger partial charge in [0.1, 0.15) is 5.82 Å². The first-order chi connectivity index (χ1) is 12.2. The number of rotatable bonds is 4. The van der Waals surface area contributed by atoms with E-state index in [1.165, 1.54) is 12.1 Å². The van der Waals surface area contributed by atoms with Crippen LogP contribution < -0.4 is 5.01 Å². The maximum absolute atomic E-state index is 14.3. The molecule has 25 heavy (non-hydrogen) atoms. The second kappa shape index (κ2) is 6.90. The van der Waals surface area contributed by atoms with Crippen LogP contribution in [0.2, 0.25) is 0 Å². The third-order valence-corrected chi connectivity index (χ3v) is 5.76. The number of hydrogen-bond donors (Lipinski definition) is 0. The molecular weight excluding hydrogens is 358 g/mol. The monoisotopic (exact) mass is 372 g/mol. The molecule has 2 aromatic heterocycles. The van der Waals surface area contributed by atoms with Gasteiger partial charge in [0.2, 0.25) is 0 Å². The maximum Gasteiger partial charge on any atom is 0.151 e. The molecule has 0 fully saturated rings. The minimum Gasteiger partial charge on any atom is -0.254 e. The molecule has 1 aliphatic heterocycles. The Balaban J connectivity index is 1.68. The summed E-state index contributed by atoms with van der Waals surface area (Å²) in [4.78, 5) is 2.24. The van der Waals surface area contributed by atoms with Crippen LogP contribution in [0.15, 0.2) is 64.4 Å². The van der Waals surface area contributed by atoms with E-state index in [1.807, 2.05) is 47.2 Å². The second-order valence-corrected chi connectivity index (χ2v) is 7.57. The van der Waals surface area contributed by atoms with Crippen LogP contribution in [-0.2, 0) is 0 Å². The number of hydrogen-bond acceptors (Lipinski definition) is 4. The summed E-state index contributed by atoms with van der Waals surface area (Å²) in [7, 11) is 0. The highest BCUT2D eigenvalue weighted by molar-refractivity contribution is 7.10. The van der Waals surface area contributed by atoms with Crippen molar-refractivity contribution in [1.82, 2.24) is 0 Å². The Morgan fingerprint density at radius 3 is 2.60 bits per heavy atom. The zero-order chi connectivity index (χ0) is 17.2. The summed E-state index contributed by atoms with van der Waals surface area (Å²) in [6.07, 6.45) is 4.66. The zero-order valence-corrected chi connectivity index (χ0v) is 14.7. The Hall–Kier alpha value is -2.31. The van der Waals surface area contributed by atoms with E-state index >= 15 is 0 Å². The summed E-state index contributed by atoms with van der Waals surface area (Å²) in [5, 5.41) is 10.3. The van der Waals surface area contributed by atoms with Gasteiger partial charge in [-0.15, -0.1) is 22.7 Å². The van der Waals surface area contributed by atoms with Crippen LogP contribution in [-0.4, -0.2) is 5.71 Å². The fourth-order valence-corrected chi connectivity index (χ4v) is 4.22. The molecule has 0 saturated carbocycles. The molecule has 0 N–H and O–H groups in total. The number of benzene rings is 1. The van der Waals surface area contributed by atoms with Gasteiger partial charge in [-0.1, -0.05) is 12.1 Å². The highest BCUT2D eigenvalue weighted by Crippen LogP contribution is 2.38. The Bertz CT molecular complexity index is 915. The van der Waals surface area contributed by atoms with Crippen LogP contribution in [0.5, 0.6) is 0 Å². The molecule has 6 heteroatoms. The van der Waals surface area contributed by atoms with Crippen molar-refractivity contribution in [2.75, 3.05) is 5.01 Å². The van der Waals surface area contributed by atoms with Gasteiger partial charge in [0.05, 0.1) is 17.4 Å². The van der Waals surface area contributed by atoms with Gasteiger partial charge in [-0.05, 0) is 47.2 Å². The summed E-state index contributed by atoms with van der Waals surface area (Å²) in [6.45, 7) is 0. The Morgan fingerprint density at radius 1 is 1.04 bits per heavy atom. The van der Waals surface area contributed by atoms with Crippen LogP contribution in [0.4, 0.5) is 14.5 Å². The SMILES string of the molecule is Fc1ccc(N2N=C(/C=C/c3cccs3)C[C@H]2c2cccs2)c(F)c1. The van der Waals surface area contributed by atoms with E-state index in [0.29, 0.717) is 12.1 Å². The first kappa shape index (κ1) is 16.2. The van der Waals surface area contributed by atoms with E-state index in [4.69, 9.17) is 0 Å². The third kappa shape index (κ3) is 3.41. The van der Waals surface area contributed by atoms with Crippen LogP contribution >= 0.6 is 22.7 Å². The average Bonchev–Trinajstić information content (AvgIpc) is 3.34. The van der Waals surface area contributed by atoms with Gasteiger partial charge in [-0.25, -0.2) is 8.78 Å². The average molecular weight is 372 g/mol. The Labute approximate surface area is 152 Å². The number of halogens is 2. The fourth-order valence-electron chi connectivity index (χ4n) is 2.79. The maximum atomic E-state index is 14.3. The lowest BCUT2D eigenvalue weighted by Gasteiger charge is -2.23. The van der Waals surface area contributed by atoms with Crippen molar-refractivity contribution in [1.29, 1.82) is 0 Å². The smallest absolute Gasteiger partial charge is 0.151 e. The van der Waals surface area contributed by atoms with Gasteiger partial charge in [-0.2, -0.15) is 5.10 Å². The predicted molar refractivity (Wildman–Crippen MR) is 101 cm³/mol. The number of thiophene rings is 2. The molecule has 0 aliphatic carbocycles. The van der Waals surface area contributed by atoms with E-state index in [-0.39, 0.29) is 6.04 Å². The molecule has 4 rings (SSSR count). The van der Waals surface area contributed by atoms with Crippen LogP contribution in [0.25, 0.3) is 6.08 Å². The summed E-state index contributed by atoms with van der Waals surface area (Å²) in [5.41, 5.74) is 1.16. The van der Waals surface area contributed by atoms with E-state index in [9.17, 15) is 8.78 Å². The van der Waals surface area contributed by atoms with E-state index in [2.05, 4.69) is 5.10 Å². The van der Waals surface area contributed by atoms with Gasteiger partial charge in [-0.3, -0.25) is 5.01 Å². The predicted octanol–water partition coefficient (Wildman–Crippen LogP) is 6.11. The number of anilines is 1. The lowest BCUT2D eigenvalue weighted by molar-refractivity contribution is 0.574. The van der Waals surface area contributed by atoms with Crippen molar-refractivity contribution in [2.24, 2.45) is 5.10 Å². The topological polar surface area (TPSA) is 15.6 Å². The van der Waals surface area contributed by atoms with Gasteiger partial charge >= 0.3 is 0 Å². The van der Waals surface area contributed by atoms with Crippen LogP contribution in [0.3, 0.4) is 0 Å². The Kier molecular flexibility index (Phi) is 4.46. The van der Waals surface area contributed by atoms with Crippen LogP contribution in [0, 0.1) is 11.6 Å². The molecule has 1 atom stereocenters. The zero-order valence-electron chi connectivity index (χ0n) is 13.1. The quantitative estimate of drug-likeness (QED) is 0.539. The normalized spacial score (nSPS) is 17.4. The van der Waals surface area contributed by atoms with Crippen molar-refractivity contribution < 1.29 is 8.78 Å². The second-order valence-electron chi connectivity index (χ2n) is 5.62. The lowest BCUT2D eigenvalue weighted by atomic mass is 10.1. The molecule has 0 spiro atoms. The van der Waals surface area contributed by atoms with Crippen molar-refractivity contribution in [3.8, 4) is 0 Å². The molecule has 0 bridgehead atoms. The molecule has 3 aromatic rings. The number of hydrazone groups is 1. The van der Waals surface area contributed by atoms with Gasteiger partial charge < -0.3 is 0 Å². The van der Waals surface area contributed by atoms with Crippen LogP contribution in [0.1, 0.15) is 22.2 Å². The molecule has 0 unspecified atom stereocenters. The highest BCUT2D eigenvalue weighted by atomic mass is 32.1. The first-order valence-corrected chi connectivity index (χ1v) is 9.53. The van der Waals surface area contributed by atoms with E-state index in [1.54, 1.807) is 27.7 Å². The Morgan fingerprint density at radius 2 is 1.88 bits per heavy atom. The number of allylic oxidation sites excluding steroid dienone is 1. The van der Waals surface area contributed by atoms with E-state index in [0.717, 1.165) is 21.5 Å². The third-order valence-electron chi connectivity index (χ3n) is 3.95. The molecule has 0 radical (unpaired) electrons. The largest absolute Gasteiger partial charge is 0.254 e. The first-order valence-electron chi connectivity index (χ1n) is 7.77. The van der Waals surface area contributed by atoms with E-state index < -0.39 is 11.6 Å². The minimum absolute atomic E-state index is 0.0806. The summed E-state index contributed by atoms with van der Waals surface area (Å²) < 4.78 is 27.5. The molecular formula is C19H14F2N2S2. The molecule has 126 valence electrons. The minimum atomic E-state index is -0.603. The molecule has 2 nitrogen and oxygen atoms in total. The van der Waals surface area contributed by atoms with Crippen molar-refractivity contribution in [3.05, 3.63) is 80.7 Å². The highest BCUT2D eigenvalue weighted by Gasteiger charge is 2.30. The molecule has 3 heterocycles.